The zero-order valence-corrected chi connectivity index (χ0v) is 10.0. The number of nitrogens with one attached hydrogen (secondary N) is 1. The number of aromatic amines is 1. The van der Waals surface area contributed by atoms with Crippen LogP contribution in [0.1, 0.15) is 18.4 Å². The van der Waals surface area contributed by atoms with E-state index in [1.165, 1.54) is 5.56 Å². The lowest BCUT2D eigenvalue weighted by atomic mass is 10.0. The molecule has 1 saturated carbocycles. The number of nitrogens with two attached hydrogens (primary N) is 1. The molecule has 1 heterocycles. The first kappa shape index (κ1) is 10.5. The first-order valence-electron chi connectivity index (χ1n) is 5.70. The number of hydrogen-bond donors (Lipinski definition) is 2. The second-order valence-electron chi connectivity index (χ2n) is 4.61. The molecule has 90 valence electrons. The first-order valence-corrected chi connectivity index (χ1v) is 5.70. The lowest BCUT2D eigenvalue weighted by molar-refractivity contribution is 0.356. The Morgan fingerprint density at radius 3 is 2.41 bits per heavy atom. The van der Waals surface area contributed by atoms with Gasteiger partial charge in [-0.2, -0.15) is 0 Å². The summed E-state index contributed by atoms with van der Waals surface area (Å²) in [6.07, 6.45) is 4.10. The number of aromatic nitrogens is 1. The summed E-state index contributed by atoms with van der Waals surface area (Å²) >= 11 is 0. The average Bonchev–Trinajstić information content (AvgIpc) is 2.94. The molecule has 1 aromatic heterocycles. The van der Waals surface area contributed by atoms with E-state index in [4.69, 9.17) is 15.2 Å². The molecule has 2 aromatic rings. The highest BCUT2D eigenvalue weighted by molar-refractivity contribution is 5.88. The number of ether oxygens (including phenoxy) is 2. The van der Waals surface area contributed by atoms with Gasteiger partial charge in [0.05, 0.1) is 14.2 Å². The summed E-state index contributed by atoms with van der Waals surface area (Å²) < 4.78 is 10.6. The van der Waals surface area contributed by atoms with Gasteiger partial charge in [-0.1, -0.05) is 0 Å². The molecule has 1 fully saturated rings. The zero-order chi connectivity index (χ0) is 12.0. The minimum Gasteiger partial charge on any atom is -0.493 e. The molecule has 0 amide bonds. The van der Waals surface area contributed by atoms with Crippen molar-refractivity contribution in [2.24, 2.45) is 5.73 Å². The molecular weight excluding hydrogens is 216 g/mol. The molecule has 0 unspecified atom stereocenters. The summed E-state index contributed by atoms with van der Waals surface area (Å²) in [6.45, 7) is 0. The van der Waals surface area contributed by atoms with Gasteiger partial charge in [0.15, 0.2) is 11.5 Å². The zero-order valence-electron chi connectivity index (χ0n) is 10.0. The topological polar surface area (TPSA) is 60.3 Å². The third kappa shape index (κ3) is 1.48. The molecule has 0 atom stereocenters. The fourth-order valence-electron chi connectivity index (χ4n) is 2.26. The molecule has 1 aliphatic rings. The van der Waals surface area contributed by atoms with Crippen molar-refractivity contribution >= 4 is 10.9 Å². The fraction of sp³-hybridized carbons (Fsp3) is 0.385. The van der Waals surface area contributed by atoms with Gasteiger partial charge in [0.1, 0.15) is 0 Å². The van der Waals surface area contributed by atoms with E-state index < -0.39 is 0 Å². The Kier molecular flexibility index (Phi) is 2.10. The average molecular weight is 232 g/mol. The molecular formula is C13H16N2O2. The summed E-state index contributed by atoms with van der Waals surface area (Å²) in [5.41, 5.74) is 8.32. The lowest BCUT2D eigenvalue weighted by Gasteiger charge is -2.10. The van der Waals surface area contributed by atoms with Crippen molar-refractivity contribution in [1.82, 2.24) is 4.98 Å². The lowest BCUT2D eigenvalue weighted by Crippen LogP contribution is -2.17. The molecule has 1 aliphatic carbocycles. The third-order valence-corrected chi connectivity index (χ3v) is 3.51. The number of rotatable bonds is 3. The van der Waals surface area contributed by atoms with Crippen molar-refractivity contribution in [2.75, 3.05) is 14.2 Å². The normalized spacial score (nSPS) is 17.1. The van der Waals surface area contributed by atoms with Crippen LogP contribution in [0.5, 0.6) is 11.5 Å². The maximum atomic E-state index is 6.25. The van der Waals surface area contributed by atoms with Gasteiger partial charge in [-0.25, -0.2) is 0 Å². The second-order valence-corrected chi connectivity index (χ2v) is 4.61. The molecule has 0 aliphatic heterocycles. The second kappa shape index (κ2) is 3.40. The Bertz CT molecular complexity index is 570. The van der Waals surface area contributed by atoms with E-state index in [-0.39, 0.29) is 5.54 Å². The molecule has 3 rings (SSSR count). The number of H-pyrrole nitrogens is 1. The van der Waals surface area contributed by atoms with Crippen molar-refractivity contribution in [3.8, 4) is 11.5 Å². The molecule has 0 saturated heterocycles. The van der Waals surface area contributed by atoms with E-state index in [1.807, 2.05) is 18.3 Å². The van der Waals surface area contributed by atoms with Gasteiger partial charge in [-0.3, -0.25) is 0 Å². The van der Waals surface area contributed by atoms with Crippen molar-refractivity contribution in [3.63, 3.8) is 0 Å². The predicted octanol–water partition coefficient (Wildman–Crippen LogP) is 2.13. The maximum Gasteiger partial charge on any atom is 0.162 e. The van der Waals surface area contributed by atoms with Gasteiger partial charge in [0.2, 0.25) is 0 Å². The Hall–Kier alpha value is -1.68. The van der Waals surface area contributed by atoms with Crippen molar-refractivity contribution < 1.29 is 9.47 Å². The van der Waals surface area contributed by atoms with Gasteiger partial charge >= 0.3 is 0 Å². The quantitative estimate of drug-likeness (QED) is 0.852. The van der Waals surface area contributed by atoms with Gasteiger partial charge in [-0.05, 0) is 24.5 Å². The number of benzene rings is 1. The Morgan fingerprint density at radius 2 is 1.82 bits per heavy atom. The van der Waals surface area contributed by atoms with Crippen molar-refractivity contribution in [2.45, 2.75) is 18.4 Å². The van der Waals surface area contributed by atoms with Gasteiger partial charge in [-0.15, -0.1) is 0 Å². The van der Waals surface area contributed by atoms with Crippen molar-refractivity contribution in [3.05, 3.63) is 23.9 Å². The Morgan fingerprint density at radius 1 is 1.18 bits per heavy atom. The van der Waals surface area contributed by atoms with Crippen molar-refractivity contribution in [1.29, 1.82) is 0 Å². The largest absolute Gasteiger partial charge is 0.493 e. The number of fused-ring (bicyclic) bond motifs is 1. The van der Waals surface area contributed by atoms with Crippen LogP contribution in [0.4, 0.5) is 0 Å². The smallest absolute Gasteiger partial charge is 0.162 e. The minimum atomic E-state index is -0.141. The molecule has 0 spiro atoms. The molecule has 0 radical (unpaired) electrons. The van der Waals surface area contributed by atoms with E-state index in [0.717, 1.165) is 35.2 Å². The highest BCUT2D eigenvalue weighted by atomic mass is 16.5. The van der Waals surface area contributed by atoms with Gasteiger partial charge in [0.25, 0.3) is 0 Å². The summed E-state index contributed by atoms with van der Waals surface area (Å²) in [6, 6.07) is 3.94. The van der Waals surface area contributed by atoms with E-state index in [9.17, 15) is 0 Å². The molecule has 3 N–H and O–H groups in total. The minimum absolute atomic E-state index is 0.141. The SMILES string of the molecule is COc1cc2[nH]cc(C3(N)CC3)c2cc1OC. The molecule has 4 nitrogen and oxygen atoms in total. The number of methoxy groups -OCH3 is 2. The standard InChI is InChI=1S/C13H16N2O2/c1-16-11-5-8-9(13(14)3-4-13)7-15-10(8)6-12(11)17-2/h5-7,15H,3-4,14H2,1-2H3. The predicted molar refractivity (Wildman–Crippen MR) is 66.5 cm³/mol. The van der Waals surface area contributed by atoms with E-state index >= 15 is 0 Å². The first-order chi connectivity index (χ1) is 8.18. The van der Waals surface area contributed by atoms with Crippen LogP contribution in [0.2, 0.25) is 0 Å². The van der Waals surface area contributed by atoms with E-state index in [1.54, 1.807) is 14.2 Å². The number of hydrogen-bond acceptors (Lipinski definition) is 3. The van der Waals surface area contributed by atoms with Crippen LogP contribution in [0.25, 0.3) is 10.9 Å². The highest BCUT2D eigenvalue weighted by Crippen LogP contribution is 2.46. The summed E-state index contributed by atoms with van der Waals surface area (Å²) in [4.78, 5) is 3.25. The molecule has 1 aromatic carbocycles. The van der Waals surface area contributed by atoms with Crippen LogP contribution in [-0.4, -0.2) is 19.2 Å². The highest BCUT2D eigenvalue weighted by Gasteiger charge is 2.41. The summed E-state index contributed by atoms with van der Waals surface area (Å²) in [7, 11) is 3.28. The molecule has 4 heteroatoms. The monoisotopic (exact) mass is 232 g/mol. The van der Waals surface area contributed by atoms with Crippen LogP contribution >= 0.6 is 0 Å². The van der Waals surface area contributed by atoms with Gasteiger partial charge < -0.3 is 20.2 Å². The van der Waals surface area contributed by atoms with Crippen LogP contribution in [0.15, 0.2) is 18.3 Å². The molecule has 0 bridgehead atoms. The van der Waals surface area contributed by atoms with E-state index in [0.29, 0.717) is 0 Å². The summed E-state index contributed by atoms with van der Waals surface area (Å²) in [5.74, 6) is 1.47. The van der Waals surface area contributed by atoms with Gasteiger partial charge in [0, 0.05) is 28.7 Å². The van der Waals surface area contributed by atoms with Crippen LogP contribution in [0, 0.1) is 0 Å². The summed E-state index contributed by atoms with van der Waals surface area (Å²) in [5, 5.41) is 1.13. The fourth-order valence-corrected chi connectivity index (χ4v) is 2.26. The van der Waals surface area contributed by atoms with Crippen LogP contribution in [0.3, 0.4) is 0 Å². The third-order valence-electron chi connectivity index (χ3n) is 3.51. The van der Waals surface area contributed by atoms with E-state index in [2.05, 4.69) is 4.98 Å². The Labute approximate surface area is 99.7 Å². The van der Waals surface area contributed by atoms with Crippen LogP contribution < -0.4 is 15.2 Å². The Balaban J connectivity index is 2.22. The maximum absolute atomic E-state index is 6.25. The van der Waals surface area contributed by atoms with Crippen LogP contribution in [-0.2, 0) is 5.54 Å². The molecule has 17 heavy (non-hydrogen) atoms.